The molecule has 2 aliphatic rings. The van der Waals surface area contributed by atoms with E-state index in [1.54, 1.807) is 25.1 Å². The van der Waals surface area contributed by atoms with Crippen molar-refractivity contribution >= 4 is 17.5 Å². The van der Waals surface area contributed by atoms with E-state index in [2.05, 4.69) is 10.6 Å². The van der Waals surface area contributed by atoms with Gasteiger partial charge >= 0.3 is 0 Å². The van der Waals surface area contributed by atoms with Crippen molar-refractivity contribution in [3.8, 4) is 5.75 Å². The van der Waals surface area contributed by atoms with Crippen molar-refractivity contribution in [1.82, 2.24) is 5.32 Å². The van der Waals surface area contributed by atoms with Crippen LogP contribution in [0.5, 0.6) is 5.75 Å². The van der Waals surface area contributed by atoms with Crippen molar-refractivity contribution in [2.75, 3.05) is 11.9 Å². The lowest BCUT2D eigenvalue weighted by atomic mass is 9.84. The number of nitrogens with one attached hydrogen (secondary N) is 2. The van der Waals surface area contributed by atoms with Gasteiger partial charge in [0, 0.05) is 12.6 Å². The number of hydrogen-bond acceptors (Lipinski definition) is 4. The van der Waals surface area contributed by atoms with Crippen molar-refractivity contribution < 1.29 is 14.3 Å². The molecule has 130 valence electrons. The molecule has 4 N–H and O–H groups in total. The van der Waals surface area contributed by atoms with E-state index in [-0.39, 0.29) is 17.9 Å². The van der Waals surface area contributed by atoms with E-state index in [0.717, 1.165) is 12.8 Å². The maximum Gasteiger partial charge on any atom is 0.265 e. The van der Waals surface area contributed by atoms with Gasteiger partial charge in [0.05, 0.1) is 11.3 Å². The van der Waals surface area contributed by atoms with Gasteiger partial charge in [0.25, 0.3) is 11.8 Å². The molecule has 1 aliphatic heterocycles. The number of rotatable bonds is 4. The van der Waals surface area contributed by atoms with Crippen LogP contribution < -0.4 is 21.1 Å². The van der Waals surface area contributed by atoms with Gasteiger partial charge < -0.3 is 21.1 Å². The number of carbonyl (C=O) groups is 2. The third-order valence-electron chi connectivity index (χ3n) is 4.97. The predicted octanol–water partition coefficient (Wildman–Crippen LogP) is 2.04. The molecule has 0 saturated heterocycles. The molecule has 1 aromatic rings. The van der Waals surface area contributed by atoms with Crippen molar-refractivity contribution in [2.45, 2.75) is 51.2 Å². The molecular weight excluding hydrogens is 306 g/mol. The molecule has 0 spiro atoms. The Morgan fingerprint density at radius 1 is 1.38 bits per heavy atom. The summed E-state index contributed by atoms with van der Waals surface area (Å²) in [7, 11) is 0. The fourth-order valence-electron chi connectivity index (χ4n) is 3.56. The van der Waals surface area contributed by atoms with Crippen LogP contribution in [0, 0.1) is 5.92 Å². The number of fused-ring (bicyclic) bond motifs is 1. The molecule has 2 atom stereocenters. The van der Waals surface area contributed by atoms with Gasteiger partial charge in [-0.1, -0.05) is 25.3 Å². The molecule has 1 saturated carbocycles. The van der Waals surface area contributed by atoms with Crippen molar-refractivity contribution in [2.24, 2.45) is 11.7 Å². The molecule has 6 heteroatoms. The zero-order valence-corrected chi connectivity index (χ0v) is 14.0. The minimum atomic E-state index is -0.616. The number of benzene rings is 1. The first-order chi connectivity index (χ1) is 11.6. The molecule has 6 nitrogen and oxygen atoms in total. The summed E-state index contributed by atoms with van der Waals surface area (Å²) in [5, 5.41) is 5.84. The summed E-state index contributed by atoms with van der Waals surface area (Å²) in [6.45, 7) is 2.09. The highest BCUT2D eigenvalue weighted by atomic mass is 16.5. The molecular formula is C18H25N3O3. The first-order valence-electron chi connectivity index (χ1n) is 8.71. The van der Waals surface area contributed by atoms with E-state index in [4.69, 9.17) is 10.5 Å². The summed E-state index contributed by atoms with van der Waals surface area (Å²) in [6.07, 6.45) is 5.26. The van der Waals surface area contributed by atoms with Crippen LogP contribution in [0.3, 0.4) is 0 Å². The van der Waals surface area contributed by atoms with Gasteiger partial charge in [-0.15, -0.1) is 0 Å². The summed E-state index contributed by atoms with van der Waals surface area (Å²) >= 11 is 0. The highest BCUT2D eigenvalue weighted by Crippen LogP contribution is 2.33. The fraction of sp³-hybridized carbons (Fsp3) is 0.556. The zero-order valence-electron chi connectivity index (χ0n) is 14.0. The van der Waals surface area contributed by atoms with E-state index in [1.807, 2.05) is 0 Å². The lowest BCUT2D eigenvalue weighted by molar-refractivity contribution is -0.122. The number of ether oxygens (including phenoxy) is 1. The van der Waals surface area contributed by atoms with Crippen LogP contribution in [-0.4, -0.2) is 30.5 Å². The van der Waals surface area contributed by atoms with Crippen LogP contribution in [0.15, 0.2) is 18.2 Å². The number of carbonyl (C=O) groups excluding carboxylic acids is 2. The van der Waals surface area contributed by atoms with E-state index in [0.29, 0.717) is 29.5 Å². The summed E-state index contributed by atoms with van der Waals surface area (Å²) in [4.78, 5) is 24.5. The summed E-state index contributed by atoms with van der Waals surface area (Å²) < 4.78 is 5.65. The van der Waals surface area contributed by atoms with Gasteiger partial charge in [-0.05, 0) is 37.8 Å². The molecule has 1 aromatic carbocycles. The number of anilines is 1. The molecule has 1 heterocycles. The Morgan fingerprint density at radius 3 is 2.83 bits per heavy atom. The highest BCUT2D eigenvalue weighted by Gasteiger charge is 2.29. The number of nitrogens with two attached hydrogens (primary N) is 1. The molecule has 0 radical (unpaired) electrons. The molecule has 1 fully saturated rings. The van der Waals surface area contributed by atoms with Gasteiger partial charge in [-0.2, -0.15) is 0 Å². The Kier molecular flexibility index (Phi) is 5.04. The third-order valence-corrected chi connectivity index (χ3v) is 4.97. The number of para-hydroxylation sites is 1. The standard InChI is InChI=1S/C18H25N3O3/c1-11-17(22)20-14-9-5-8-13(16(14)24-11)18(23)21-15(10-19)12-6-3-2-4-7-12/h5,8-9,11-12,15H,2-4,6-7,10,19H2,1H3,(H,20,22)(H,21,23). The Morgan fingerprint density at radius 2 is 2.12 bits per heavy atom. The number of hydrogen-bond donors (Lipinski definition) is 3. The molecule has 0 aromatic heterocycles. The van der Waals surface area contributed by atoms with E-state index < -0.39 is 6.10 Å². The van der Waals surface area contributed by atoms with Crippen molar-refractivity contribution in [3.05, 3.63) is 23.8 Å². The molecule has 2 unspecified atom stereocenters. The Hall–Kier alpha value is -2.08. The second kappa shape index (κ2) is 7.21. The van der Waals surface area contributed by atoms with Crippen LogP contribution >= 0.6 is 0 Å². The Bertz CT molecular complexity index is 626. The number of amides is 2. The largest absolute Gasteiger partial charge is 0.478 e. The maximum atomic E-state index is 12.8. The van der Waals surface area contributed by atoms with Crippen molar-refractivity contribution in [3.63, 3.8) is 0 Å². The minimum Gasteiger partial charge on any atom is -0.478 e. The monoisotopic (exact) mass is 331 g/mol. The van der Waals surface area contributed by atoms with Crippen molar-refractivity contribution in [1.29, 1.82) is 0 Å². The van der Waals surface area contributed by atoms with E-state index in [1.165, 1.54) is 19.3 Å². The minimum absolute atomic E-state index is 0.0238. The van der Waals surface area contributed by atoms with Crippen LogP contribution in [-0.2, 0) is 4.79 Å². The van der Waals surface area contributed by atoms with Gasteiger partial charge in [-0.25, -0.2) is 0 Å². The van der Waals surface area contributed by atoms with Crippen LogP contribution in [0.2, 0.25) is 0 Å². The average molecular weight is 331 g/mol. The molecule has 24 heavy (non-hydrogen) atoms. The topological polar surface area (TPSA) is 93.4 Å². The third kappa shape index (κ3) is 3.38. The Labute approximate surface area is 142 Å². The average Bonchev–Trinajstić information content (AvgIpc) is 2.60. The van der Waals surface area contributed by atoms with Gasteiger partial charge in [0.2, 0.25) is 0 Å². The molecule has 2 amide bonds. The van der Waals surface area contributed by atoms with Gasteiger partial charge in [0.15, 0.2) is 11.9 Å². The lowest BCUT2D eigenvalue weighted by Crippen LogP contribution is -2.46. The predicted molar refractivity (Wildman–Crippen MR) is 92.0 cm³/mol. The second-order valence-electron chi connectivity index (χ2n) is 6.65. The summed E-state index contributed by atoms with van der Waals surface area (Å²) in [5.41, 5.74) is 6.88. The van der Waals surface area contributed by atoms with Gasteiger partial charge in [-0.3, -0.25) is 9.59 Å². The van der Waals surface area contributed by atoms with Crippen LogP contribution in [0.25, 0.3) is 0 Å². The normalized spacial score (nSPS) is 22.1. The van der Waals surface area contributed by atoms with E-state index in [9.17, 15) is 9.59 Å². The summed E-state index contributed by atoms with van der Waals surface area (Å²) in [6, 6.07) is 5.17. The first kappa shape index (κ1) is 16.8. The molecule has 0 bridgehead atoms. The zero-order chi connectivity index (χ0) is 17.1. The lowest BCUT2D eigenvalue weighted by Gasteiger charge is -2.31. The van der Waals surface area contributed by atoms with Crippen LogP contribution in [0.1, 0.15) is 49.4 Å². The SMILES string of the molecule is CC1Oc2c(cccc2C(=O)NC(CN)C2CCCCC2)NC1=O. The molecule has 3 rings (SSSR count). The smallest absolute Gasteiger partial charge is 0.265 e. The maximum absolute atomic E-state index is 12.8. The fourth-order valence-corrected chi connectivity index (χ4v) is 3.56. The quantitative estimate of drug-likeness (QED) is 0.787. The Balaban J connectivity index is 1.77. The van der Waals surface area contributed by atoms with Crippen LogP contribution in [0.4, 0.5) is 5.69 Å². The van der Waals surface area contributed by atoms with Gasteiger partial charge in [0.1, 0.15) is 0 Å². The molecule has 1 aliphatic carbocycles. The van der Waals surface area contributed by atoms with E-state index >= 15 is 0 Å². The first-order valence-corrected chi connectivity index (χ1v) is 8.71. The highest BCUT2D eigenvalue weighted by molar-refractivity contribution is 6.04. The second-order valence-corrected chi connectivity index (χ2v) is 6.65. The summed E-state index contributed by atoms with van der Waals surface area (Å²) in [5.74, 6) is 0.464.